The monoisotopic (exact) mass is 337 g/mol. The number of nitrogen functional groups attached to an aromatic ring is 1. The van der Waals surface area contributed by atoms with Gasteiger partial charge in [-0.15, -0.1) is 5.10 Å². The Hall–Kier alpha value is -2.63. The van der Waals surface area contributed by atoms with E-state index in [1.54, 1.807) is 6.07 Å². The van der Waals surface area contributed by atoms with Crippen LogP contribution in [0.15, 0.2) is 36.4 Å². The second-order valence-corrected chi connectivity index (χ2v) is 7.01. The van der Waals surface area contributed by atoms with Crippen LogP contribution in [0.5, 0.6) is 5.75 Å². The minimum atomic E-state index is 0.400. The Morgan fingerprint density at radius 3 is 2.84 bits per heavy atom. The summed E-state index contributed by atoms with van der Waals surface area (Å²) < 4.78 is 6.07. The molecule has 0 radical (unpaired) electrons. The van der Waals surface area contributed by atoms with E-state index in [2.05, 4.69) is 57.7 Å². The number of fused-ring (bicyclic) bond motifs is 1. The zero-order chi connectivity index (χ0) is 17.2. The van der Waals surface area contributed by atoms with Gasteiger partial charge in [-0.05, 0) is 42.6 Å². The lowest BCUT2D eigenvalue weighted by Gasteiger charge is -2.34. The van der Waals surface area contributed by atoms with Crippen LogP contribution >= 0.6 is 0 Å². The van der Waals surface area contributed by atoms with Crippen molar-refractivity contribution in [3.63, 3.8) is 0 Å². The summed E-state index contributed by atoms with van der Waals surface area (Å²) in [5.74, 6) is 2.87. The Bertz CT molecular complexity index is 847. The number of ether oxygens (including phenoxy) is 1. The van der Waals surface area contributed by atoms with Gasteiger partial charge >= 0.3 is 0 Å². The summed E-state index contributed by atoms with van der Waals surface area (Å²) in [6.07, 6.45) is 3.58. The van der Waals surface area contributed by atoms with Crippen molar-refractivity contribution in [3.05, 3.63) is 42.0 Å². The molecule has 1 saturated carbocycles. The van der Waals surface area contributed by atoms with Crippen LogP contribution in [0.4, 0.5) is 5.82 Å². The van der Waals surface area contributed by atoms with E-state index in [4.69, 9.17) is 10.5 Å². The van der Waals surface area contributed by atoms with Gasteiger partial charge in [0.05, 0.1) is 6.61 Å². The molecule has 6 nitrogen and oxygen atoms in total. The van der Waals surface area contributed by atoms with Crippen molar-refractivity contribution in [2.75, 3.05) is 12.3 Å². The highest BCUT2D eigenvalue weighted by atomic mass is 16.5. The van der Waals surface area contributed by atoms with Gasteiger partial charge in [-0.1, -0.05) is 37.3 Å². The fraction of sp³-hybridized carbons (Fsp3) is 0.421. The van der Waals surface area contributed by atoms with Crippen molar-refractivity contribution < 1.29 is 4.74 Å². The number of aromatic nitrogens is 4. The number of hydrogen-bond acceptors (Lipinski definition) is 5. The average Bonchev–Trinajstić information content (AvgIpc) is 3.09. The smallest absolute Gasteiger partial charge is 0.207 e. The maximum absolute atomic E-state index is 6.07. The standard InChI is InChI=1S/C19H23N5O/c1-12-9-14(13-5-3-2-4-6-13)7-8-15(12)11-25-16-10-17(20)21-19-18(16)22-24-23-19/h2-6,10,12,14-15H,7-9,11H2,1H3,(H3,20,21,22,23,24). The van der Waals surface area contributed by atoms with Crippen molar-refractivity contribution in [2.24, 2.45) is 11.8 Å². The summed E-state index contributed by atoms with van der Waals surface area (Å²) in [6, 6.07) is 12.6. The van der Waals surface area contributed by atoms with E-state index in [1.165, 1.54) is 24.8 Å². The minimum Gasteiger partial charge on any atom is -0.491 e. The van der Waals surface area contributed by atoms with Crippen LogP contribution in [0.3, 0.4) is 0 Å². The molecular weight excluding hydrogens is 314 g/mol. The molecule has 3 unspecified atom stereocenters. The Morgan fingerprint density at radius 1 is 1.20 bits per heavy atom. The lowest BCUT2D eigenvalue weighted by Crippen LogP contribution is -2.26. The number of nitrogens with one attached hydrogen (secondary N) is 1. The normalized spacial score (nSPS) is 23.6. The highest BCUT2D eigenvalue weighted by Gasteiger charge is 2.29. The Kier molecular flexibility index (Phi) is 4.26. The summed E-state index contributed by atoms with van der Waals surface area (Å²) in [6.45, 7) is 3.00. The molecule has 3 N–H and O–H groups in total. The lowest BCUT2D eigenvalue weighted by molar-refractivity contribution is 0.149. The number of rotatable bonds is 4. The van der Waals surface area contributed by atoms with E-state index < -0.39 is 0 Å². The van der Waals surface area contributed by atoms with Crippen molar-refractivity contribution in [1.82, 2.24) is 20.4 Å². The van der Waals surface area contributed by atoms with Crippen LogP contribution in [0, 0.1) is 11.8 Å². The second-order valence-electron chi connectivity index (χ2n) is 7.01. The van der Waals surface area contributed by atoms with Gasteiger partial charge in [0.25, 0.3) is 0 Å². The van der Waals surface area contributed by atoms with E-state index in [0.717, 1.165) is 0 Å². The number of hydrogen-bond donors (Lipinski definition) is 2. The van der Waals surface area contributed by atoms with E-state index in [9.17, 15) is 0 Å². The number of nitrogens with zero attached hydrogens (tertiary/aromatic N) is 3. The zero-order valence-corrected chi connectivity index (χ0v) is 14.4. The van der Waals surface area contributed by atoms with Crippen LogP contribution in [0.2, 0.25) is 0 Å². The predicted molar refractivity (Wildman–Crippen MR) is 97.3 cm³/mol. The van der Waals surface area contributed by atoms with Gasteiger partial charge in [0.1, 0.15) is 5.82 Å². The molecule has 6 heteroatoms. The lowest BCUT2D eigenvalue weighted by atomic mass is 9.73. The predicted octanol–water partition coefficient (Wildman–Crippen LogP) is 3.53. The van der Waals surface area contributed by atoms with Crippen molar-refractivity contribution in [3.8, 4) is 5.75 Å². The Labute approximate surface area is 146 Å². The molecule has 0 bridgehead atoms. The highest BCUT2D eigenvalue weighted by molar-refractivity contribution is 5.78. The van der Waals surface area contributed by atoms with Gasteiger partial charge in [0.15, 0.2) is 11.3 Å². The number of pyridine rings is 1. The quantitative estimate of drug-likeness (QED) is 0.760. The molecule has 2 heterocycles. The van der Waals surface area contributed by atoms with E-state index in [0.29, 0.717) is 47.1 Å². The molecule has 1 aliphatic rings. The van der Waals surface area contributed by atoms with Gasteiger partial charge in [-0.2, -0.15) is 10.3 Å². The first-order valence-corrected chi connectivity index (χ1v) is 8.85. The molecule has 2 aromatic heterocycles. The van der Waals surface area contributed by atoms with Crippen molar-refractivity contribution in [2.45, 2.75) is 32.1 Å². The first-order chi connectivity index (χ1) is 12.2. The number of aromatic amines is 1. The molecule has 0 saturated heterocycles. The third kappa shape index (κ3) is 3.29. The van der Waals surface area contributed by atoms with E-state index >= 15 is 0 Å². The van der Waals surface area contributed by atoms with Gasteiger partial charge in [-0.25, -0.2) is 4.98 Å². The highest BCUT2D eigenvalue weighted by Crippen LogP contribution is 2.39. The van der Waals surface area contributed by atoms with Crippen LogP contribution in [-0.4, -0.2) is 27.0 Å². The molecule has 130 valence electrons. The summed E-state index contributed by atoms with van der Waals surface area (Å²) >= 11 is 0. The summed E-state index contributed by atoms with van der Waals surface area (Å²) in [4.78, 5) is 4.14. The first-order valence-electron chi connectivity index (χ1n) is 8.85. The van der Waals surface area contributed by atoms with Gasteiger partial charge in [0.2, 0.25) is 5.65 Å². The third-order valence-electron chi connectivity index (χ3n) is 5.35. The van der Waals surface area contributed by atoms with Crippen molar-refractivity contribution in [1.29, 1.82) is 0 Å². The zero-order valence-electron chi connectivity index (χ0n) is 14.4. The third-order valence-corrected chi connectivity index (χ3v) is 5.35. The van der Waals surface area contributed by atoms with Crippen molar-refractivity contribution >= 4 is 17.0 Å². The molecule has 3 atom stereocenters. The summed E-state index contributed by atoms with van der Waals surface area (Å²) in [5, 5.41) is 10.7. The molecule has 3 aromatic rings. The van der Waals surface area contributed by atoms with Gasteiger partial charge in [-0.3, -0.25) is 0 Å². The van der Waals surface area contributed by atoms with Crippen LogP contribution in [0.1, 0.15) is 37.7 Å². The molecule has 25 heavy (non-hydrogen) atoms. The largest absolute Gasteiger partial charge is 0.491 e. The van der Waals surface area contributed by atoms with Gasteiger partial charge < -0.3 is 10.5 Å². The number of H-pyrrole nitrogens is 1. The fourth-order valence-electron chi connectivity index (χ4n) is 3.87. The molecule has 0 amide bonds. The number of benzene rings is 1. The maximum atomic E-state index is 6.07. The summed E-state index contributed by atoms with van der Waals surface area (Å²) in [5.41, 5.74) is 8.42. The minimum absolute atomic E-state index is 0.400. The fourth-order valence-corrected chi connectivity index (χ4v) is 3.87. The van der Waals surface area contributed by atoms with Gasteiger partial charge in [0, 0.05) is 6.07 Å². The number of nitrogens with two attached hydrogens (primary N) is 1. The van der Waals surface area contributed by atoms with Crippen LogP contribution in [0.25, 0.3) is 11.2 Å². The van der Waals surface area contributed by atoms with Crippen LogP contribution in [-0.2, 0) is 0 Å². The second kappa shape index (κ2) is 6.70. The number of anilines is 1. The summed E-state index contributed by atoms with van der Waals surface area (Å²) in [7, 11) is 0. The molecule has 0 aliphatic heterocycles. The Balaban J connectivity index is 1.41. The molecule has 4 rings (SSSR count). The SMILES string of the molecule is CC1CC(c2ccccc2)CCC1COc1cc(N)nc2n[nH]nc12. The molecule has 1 aromatic carbocycles. The topological polar surface area (TPSA) is 89.7 Å². The molecule has 0 spiro atoms. The first kappa shape index (κ1) is 15.9. The molecule has 1 aliphatic carbocycles. The molecular formula is C19H23N5O. The maximum Gasteiger partial charge on any atom is 0.207 e. The van der Waals surface area contributed by atoms with E-state index in [-0.39, 0.29) is 0 Å². The Morgan fingerprint density at radius 2 is 2.04 bits per heavy atom. The van der Waals surface area contributed by atoms with Crippen LogP contribution < -0.4 is 10.5 Å². The average molecular weight is 337 g/mol. The van der Waals surface area contributed by atoms with E-state index in [1.807, 2.05) is 0 Å². The molecule has 1 fully saturated rings.